The number of aromatic nitrogens is 2. The fourth-order valence-electron chi connectivity index (χ4n) is 1.85. The maximum atomic E-state index is 9.40. The number of thiophene rings is 1. The Labute approximate surface area is 102 Å². The van der Waals surface area contributed by atoms with Crippen molar-refractivity contribution in [3.63, 3.8) is 0 Å². The summed E-state index contributed by atoms with van der Waals surface area (Å²) >= 11 is 1.51. The summed E-state index contributed by atoms with van der Waals surface area (Å²) in [5, 5.41) is 10.2. The van der Waals surface area contributed by atoms with Gasteiger partial charge in [-0.15, -0.1) is 11.3 Å². The second-order valence-corrected chi connectivity index (χ2v) is 5.03. The molecule has 5 heteroatoms. The largest absolute Gasteiger partial charge is 0.508 e. The molecule has 17 heavy (non-hydrogen) atoms. The van der Waals surface area contributed by atoms with Crippen molar-refractivity contribution in [3.05, 3.63) is 29.8 Å². The first-order chi connectivity index (χ1) is 8.13. The predicted octanol–water partition coefficient (Wildman–Crippen LogP) is 2.89. The highest BCUT2D eigenvalue weighted by molar-refractivity contribution is 7.19. The smallest absolute Gasteiger partial charge is 0.148 e. The van der Waals surface area contributed by atoms with Crippen LogP contribution in [0.4, 0.5) is 5.00 Å². The molecule has 3 aromatic rings. The molecule has 4 nitrogen and oxygen atoms in total. The van der Waals surface area contributed by atoms with Gasteiger partial charge in [-0.1, -0.05) is 0 Å². The third-order valence-corrected chi connectivity index (χ3v) is 3.69. The van der Waals surface area contributed by atoms with Crippen molar-refractivity contribution < 1.29 is 5.11 Å². The number of fused-ring (bicyclic) bond motifs is 1. The standard InChI is InChI=1S/C12H11N3OS/c1-6-4-10(13)17-11(6)12-14-8-3-2-7(16)5-9(8)15-12/h2-5,16H,13H2,1H3,(H,14,15). The molecule has 3 rings (SSSR count). The number of aromatic hydroxyl groups is 1. The van der Waals surface area contributed by atoms with Crippen LogP contribution in [0.25, 0.3) is 21.7 Å². The van der Waals surface area contributed by atoms with Crippen LogP contribution in [-0.2, 0) is 0 Å². The van der Waals surface area contributed by atoms with E-state index in [0.29, 0.717) is 0 Å². The van der Waals surface area contributed by atoms with E-state index in [2.05, 4.69) is 9.97 Å². The number of nitrogens with one attached hydrogen (secondary N) is 1. The summed E-state index contributed by atoms with van der Waals surface area (Å²) in [6.07, 6.45) is 0. The van der Waals surface area contributed by atoms with E-state index in [1.165, 1.54) is 11.3 Å². The summed E-state index contributed by atoms with van der Waals surface area (Å²) < 4.78 is 0. The Balaban J connectivity index is 2.21. The highest BCUT2D eigenvalue weighted by Crippen LogP contribution is 2.33. The number of benzene rings is 1. The lowest BCUT2D eigenvalue weighted by Crippen LogP contribution is -1.77. The Morgan fingerprint density at radius 1 is 1.35 bits per heavy atom. The van der Waals surface area contributed by atoms with E-state index in [1.54, 1.807) is 18.2 Å². The minimum atomic E-state index is 0.232. The van der Waals surface area contributed by atoms with Gasteiger partial charge in [-0.3, -0.25) is 0 Å². The number of aromatic amines is 1. The van der Waals surface area contributed by atoms with Crippen molar-refractivity contribution in [2.24, 2.45) is 0 Å². The number of imidazole rings is 1. The van der Waals surface area contributed by atoms with Crippen molar-refractivity contribution in [2.45, 2.75) is 6.92 Å². The fraction of sp³-hybridized carbons (Fsp3) is 0.0833. The molecule has 0 spiro atoms. The van der Waals surface area contributed by atoms with Gasteiger partial charge in [-0.2, -0.15) is 0 Å². The molecule has 0 radical (unpaired) electrons. The van der Waals surface area contributed by atoms with Gasteiger partial charge < -0.3 is 15.8 Å². The normalized spacial score (nSPS) is 11.1. The van der Waals surface area contributed by atoms with Crippen molar-refractivity contribution in [3.8, 4) is 16.5 Å². The highest BCUT2D eigenvalue weighted by Gasteiger charge is 2.11. The Hall–Kier alpha value is -2.01. The molecule has 0 saturated heterocycles. The van der Waals surface area contributed by atoms with E-state index in [1.807, 2.05) is 13.0 Å². The molecule has 0 aliphatic heterocycles. The topological polar surface area (TPSA) is 74.9 Å². The number of phenols is 1. The highest BCUT2D eigenvalue weighted by atomic mass is 32.1. The van der Waals surface area contributed by atoms with Crippen LogP contribution in [0.5, 0.6) is 5.75 Å². The molecule has 0 saturated carbocycles. The molecule has 0 aliphatic carbocycles. The molecule has 0 fully saturated rings. The zero-order chi connectivity index (χ0) is 12.0. The Kier molecular flexibility index (Phi) is 2.09. The molecule has 0 unspecified atom stereocenters. The Bertz CT molecular complexity index is 699. The van der Waals surface area contributed by atoms with Gasteiger partial charge in [0.1, 0.15) is 11.6 Å². The fourth-order valence-corrected chi connectivity index (χ4v) is 2.73. The molecule has 4 N–H and O–H groups in total. The SMILES string of the molecule is Cc1cc(N)sc1-c1nc2ccc(O)cc2[nH]1. The van der Waals surface area contributed by atoms with Gasteiger partial charge in [0, 0.05) is 6.07 Å². The number of anilines is 1. The molecule has 2 heterocycles. The average molecular weight is 245 g/mol. The predicted molar refractivity (Wildman–Crippen MR) is 70.2 cm³/mol. The van der Waals surface area contributed by atoms with Gasteiger partial charge in [0.15, 0.2) is 0 Å². The van der Waals surface area contributed by atoms with Gasteiger partial charge in [0.2, 0.25) is 0 Å². The first kappa shape index (κ1) is 10.2. The number of aryl methyl sites for hydroxylation is 1. The summed E-state index contributed by atoms with van der Waals surface area (Å²) in [5.41, 5.74) is 8.54. The van der Waals surface area contributed by atoms with Crippen molar-refractivity contribution >= 4 is 27.4 Å². The van der Waals surface area contributed by atoms with E-state index in [4.69, 9.17) is 5.73 Å². The average Bonchev–Trinajstić information content (AvgIpc) is 2.80. The number of nitrogen functional groups attached to an aromatic ring is 1. The van der Waals surface area contributed by atoms with E-state index in [-0.39, 0.29) is 5.75 Å². The van der Waals surface area contributed by atoms with Gasteiger partial charge in [-0.05, 0) is 30.7 Å². The lowest BCUT2D eigenvalue weighted by atomic mass is 10.3. The molecule has 0 bridgehead atoms. The summed E-state index contributed by atoms with van der Waals surface area (Å²) in [6, 6.07) is 7.02. The van der Waals surface area contributed by atoms with Crippen LogP contribution in [0, 0.1) is 6.92 Å². The second-order valence-electron chi connectivity index (χ2n) is 3.95. The zero-order valence-corrected chi connectivity index (χ0v) is 10.0. The number of hydrogen-bond donors (Lipinski definition) is 3. The minimum Gasteiger partial charge on any atom is -0.508 e. The van der Waals surface area contributed by atoms with Gasteiger partial charge in [-0.25, -0.2) is 4.98 Å². The maximum absolute atomic E-state index is 9.40. The van der Waals surface area contributed by atoms with E-state index < -0.39 is 0 Å². The quantitative estimate of drug-likeness (QED) is 0.617. The Morgan fingerprint density at radius 3 is 2.88 bits per heavy atom. The van der Waals surface area contributed by atoms with E-state index >= 15 is 0 Å². The first-order valence-electron chi connectivity index (χ1n) is 5.18. The number of nitrogens with zero attached hydrogens (tertiary/aromatic N) is 1. The van der Waals surface area contributed by atoms with Crippen LogP contribution in [0.2, 0.25) is 0 Å². The lowest BCUT2D eigenvalue weighted by molar-refractivity contribution is 0.476. The molecular formula is C12H11N3OS. The maximum Gasteiger partial charge on any atom is 0.148 e. The summed E-state index contributed by atoms with van der Waals surface area (Å²) in [6.45, 7) is 2.01. The third-order valence-electron chi connectivity index (χ3n) is 2.62. The van der Waals surface area contributed by atoms with E-state index in [9.17, 15) is 5.11 Å². The van der Waals surface area contributed by atoms with Crippen LogP contribution in [0.15, 0.2) is 24.3 Å². The summed E-state index contributed by atoms with van der Waals surface area (Å²) in [4.78, 5) is 8.72. The monoisotopic (exact) mass is 245 g/mol. The van der Waals surface area contributed by atoms with Crippen molar-refractivity contribution in [1.82, 2.24) is 9.97 Å². The van der Waals surface area contributed by atoms with Crippen molar-refractivity contribution in [1.29, 1.82) is 0 Å². The summed E-state index contributed by atoms with van der Waals surface area (Å²) in [5.74, 6) is 1.03. The number of hydrogen-bond acceptors (Lipinski definition) is 4. The number of phenolic OH excluding ortho intramolecular Hbond substituents is 1. The van der Waals surface area contributed by atoms with Crippen LogP contribution < -0.4 is 5.73 Å². The number of nitrogens with two attached hydrogens (primary N) is 1. The number of rotatable bonds is 1. The van der Waals surface area contributed by atoms with Crippen LogP contribution in [-0.4, -0.2) is 15.1 Å². The van der Waals surface area contributed by atoms with Gasteiger partial charge in [0.25, 0.3) is 0 Å². The van der Waals surface area contributed by atoms with Crippen molar-refractivity contribution in [2.75, 3.05) is 5.73 Å². The molecule has 0 amide bonds. The molecule has 0 atom stereocenters. The third kappa shape index (κ3) is 1.64. The molecular weight excluding hydrogens is 234 g/mol. The summed E-state index contributed by atoms with van der Waals surface area (Å²) in [7, 11) is 0. The van der Waals surface area contributed by atoms with Crippen LogP contribution in [0.3, 0.4) is 0 Å². The minimum absolute atomic E-state index is 0.232. The molecule has 0 aliphatic rings. The second kappa shape index (κ2) is 3.49. The zero-order valence-electron chi connectivity index (χ0n) is 9.19. The molecule has 86 valence electrons. The lowest BCUT2D eigenvalue weighted by Gasteiger charge is -1.91. The Morgan fingerprint density at radius 2 is 2.18 bits per heavy atom. The first-order valence-corrected chi connectivity index (χ1v) is 6.00. The van der Waals surface area contributed by atoms with Crippen LogP contribution in [0.1, 0.15) is 5.56 Å². The van der Waals surface area contributed by atoms with E-state index in [0.717, 1.165) is 32.3 Å². The molecule has 1 aromatic carbocycles. The van der Waals surface area contributed by atoms with Crippen LogP contribution >= 0.6 is 11.3 Å². The number of H-pyrrole nitrogens is 1. The van der Waals surface area contributed by atoms with Gasteiger partial charge in [0.05, 0.1) is 20.9 Å². The molecule has 2 aromatic heterocycles. The van der Waals surface area contributed by atoms with Gasteiger partial charge >= 0.3 is 0 Å².